The van der Waals surface area contributed by atoms with Crippen LogP contribution in [0.15, 0.2) is 34.5 Å². The molecule has 0 amide bonds. The van der Waals surface area contributed by atoms with Crippen LogP contribution in [0.4, 0.5) is 5.69 Å². The van der Waals surface area contributed by atoms with Crippen LogP contribution in [0.3, 0.4) is 0 Å². The normalized spacial score (nSPS) is 15.8. The molecule has 0 unspecified atom stereocenters. The van der Waals surface area contributed by atoms with Gasteiger partial charge in [0, 0.05) is 11.9 Å². The highest BCUT2D eigenvalue weighted by Gasteiger charge is 2.17. The first-order valence-electron chi connectivity index (χ1n) is 9.47. The fraction of sp³-hybridized carbons (Fsp3) is 0.526. The van der Waals surface area contributed by atoms with Crippen LogP contribution in [-0.4, -0.2) is 54.2 Å². The summed E-state index contributed by atoms with van der Waals surface area (Å²) in [5.41, 5.74) is 1.42. The summed E-state index contributed by atoms with van der Waals surface area (Å²) in [4.78, 5) is 1.50. The molecule has 1 aromatic carbocycles. The van der Waals surface area contributed by atoms with E-state index in [1.807, 2.05) is 28.8 Å². The fourth-order valence-corrected chi connectivity index (χ4v) is 3.45. The monoisotopic (exact) mass is 390 g/mol. The number of para-hydroxylation sites is 1. The molecule has 2 heterocycles. The molecule has 0 saturated carbocycles. The van der Waals surface area contributed by atoms with Crippen molar-refractivity contribution in [3.8, 4) is 5.88 Å². The van der Waals surface area contributed by atoms with Gasteiger partial charge < -0.3 is 24.6 Å². The number of nitrogens with zero attached hydrogens (tertiary/aromatic N) is 3. The van der Waals surface area contributed by atoms with E-state index in [-0.39, 0.29) is 5.88 Å². The molecule has 27 heavy (non-hydrogen) atoms. The Kier molecular flexibility index (Phi) is 6.76. The van der Waals surface area contributed by atoms with Crippen molar-refractivity contribution in [2.75, 3.05) is 39.4 Å². The predicted octanol–water partition coefficient (Wildman–Crippen LogP) is 1.88. The Hall–Kier alpha value is -2.03. The van der Waals surface area contributed by atoms with Gasteiger partial charge >= 0.3 is 0 Å². The Morgan fingerprint density at radius 1 is 1.33 bits per heavy atom. The minimum absolute atomic E-state index is 0.134. The molecule has 1 aliphatic heterocycles. The predicted molar refractivity (Wildman–Crippen MR) is 110 cm³/mol. The van der Waals surface area contributed by atoms with Crippen LogP contribution in [0.5, 0.6) is 5.88 Å². The van der Waals surface area contributed by atoms with Crippen molar-refractivity contribution in [3.63, 3.8) is 0 Å². The number of quaternary nitrogens is 1. The Morgan fingerprint density at radius 2 is 2.07 bits per heavy atom. The number of fused-ring (bicyclic) bond motifs is 1. The van der Waals surface area contributed by atoms with Gasteiger partial charge in [-0.05, 0) is 24.2 Å². The number of hydrogen-bond acceptors (Lipinski definition) is 4. The Morgan fingerprint density at radius 3 is 2.81 bits per heavy atom. The van der Waals surface area contributed by atoms with E-state index in [0.717, 1.165) is 50.3 Å². The average molecular weight is 391 g/mol. The zero-order valence-corrected chi connectivity index (χ0v) is 16.8. The highest BCUT2D eigenvalue weighted by molar-refractivity contribution is 7.80. The van der Waals surface area contributed by atoms with Gasteiger partial charge in [-0.15, -0.1) is 10.2 Å². The molecule has 1 aromatic heterocycles. The Labute approximate surface area is 165 Å². The second-order valence-electron chi connectivity index (χ2n) is 7.24. The van der Waals surface area contributed by atoms with Crippen LogP contribution in [0.1, 0.15) is 13.8 Å². The van der Waals surface area contributed by atoms with Crippen LogP contribution in [-0.2, 0) is 11.3 Å². The molecule has 2 aromatic rings. The smallest absolute Gasteiger partial charge is 0.220 e. The summed E-state index contributed by atoms with van der Waals surface area (Å²) in [6, 6.07) is 7.82. The number of nitrogens with one attached hydrogen (secondary N) is 2. The van der Waals surface area contributed by atoms with Gasteiger partial charge in [0.05, 0.1) is 31.8 Å². The molecule has 1 saturated heterocycles. The first-order chi connectivity index (χ1) is 13.1. The SMILES string of the molecule is CC(C)Cn1c(O)c(N=NC(=S)NCC[NH+]2CCOCC2)c2ccccc21. The number of rotatable bonds is 6. The van der Waals surface area contributed by atoms with Gasteiger partial charge in [0.25, 0.3) is 0 Å². The first-order valence-corrected chi connectivity index (χ1v) is 9.88. The number of aromatic nitrogens is 1. The molecule has 3 rings (SSSR count). The number of benzene rings is 1. The van der Waals surface area contributed by atoms with Gasteiger partial charge in [0.15, 0.2) is 5.69 Å². The first kappa shape index (κ1) is 19.7. The quantitative estimate of drug-likeness (QED) is 0.520. The van der Waals surface area contributed by atoms with E-state index in [2.05, 4.69) is 29.4 Å². The maximum Gasteiger partial charge on any atom is 0.220 e. The van der Waals surface area contributed by atoms with E-state index in [9.17, 15) is 5.11 Å². The highest BCUT2D eigenvalue weighted by Crippen LogP contribution is 2.39. The molecule has 8 heteroatoms. The lowest BCUT2D eigenvalue weighted by Crippen LogP contribution is -3.14. The molecule has 0 spiro atoms. The maximum atomic E-state index is 10.7. The van der Waals surface area contributed by atoms with E-state index in [0.29, 0.717) is 23.3 Å². The second kappa shape index (κ2) is 9.25. The van der Waals surface area contributed by atoms with Gasteiger partial charge in [-0.25, -0.2) is 0 Å². The van der Waals surface area contributed by atoms with E-state index >= 15 is 0 Å². The van der Waals surface area contributed by atoms with Crippen LogP contribution in [0.25, 0.3) is 10.9 Å². The maximum absolute atomic E-state index is 10.7. The summed E-state index contributed by atoms with van der Waals surface area (Å²) in [5, 5.41) is 23.4. The van der Waals surface area contributed by atoms with Crippen molar-refractivity contribution in [1.29, 1.82) is 0 Å². The molecular weight excluding hydrogens is 362 g/mol. The van der Waals surface area contributed by atoms with Crippen LogP contribution >= 0.6 is 12.2 Å². The molecule has 1 aliphatic rings. The minimum atomic E-state index is 0.134. The number of morpholine rings is 1. The van der Waals surface area contributed by atoms with Crippen LogP contribution < -0.4 is 10.2 Å². The van der Waals surface area contributed by atoms with Crippen molar-refractivity contribution in [2.24, 2.45) is 16.1 Å². The summed E-state index contributed by atoms with van der Waals surface area (Å²) in [5.74, 6) is 0.538. The molecule has 3 N–H and O–H groups in total. The van der Waals surface area contributed by atoms with Crippen molar-refractivity contribution in [1.82, 2.24) is 9.88 Å². The van der Waals surface area contributed by atoms with Gasteiger partial charge in [-0.1, -0.05) is 32.0 Å². The topological polar surface area (TPSA) is 75.6 Å². The third-order valence-electron chi connectivity index (χ3n) is 4.66. The van der Waals surface area contributed by atoms with Gasteiger partial charge in [0.2, 0.25) is 11.0 Å². The summed E-state index contributed by atoms with van der Waals surface area (Å²) in [6.45, 7) is 10.4. The number of aromatic hydroxyl groups is 1. The molecule has 146 valence electrons. The molecule has 0 aliphatic carbocycles. The van der Waals surface area contributed by atoms with E-state index in [1.54, 1.807) is 0 Å². The molecule has 0 atom stereocenters. The Balaban J connectivity index is 1.66. The summed E-state index contributed by atoms with van der Waals surface area (Å²) in [7, 11) is 0. The highest BCUT2D eigenvalue weighted by atomic mass is 32.1. The number of thiocarbonyl (C=S) groups is 1. The summed E-state index contributed by atoms with van der Waals surface area (Å²) < 4.78 is 7.24. The standard InChI is InChI=1S/C19H27N5O2S/c1-14(2)13-24-16-6-4-3-5-15(16)17(18(24)25)21-22-19(27)20-7-8-23-9-11-26-12-10-23/h3-6,14,25H,7-13H2,1-2H3,(H,20,27)/p+1. The third kappa shape index (κ3) is 5.03. The van der Waals surface area contributed by atoms with Gasteiger partial charge in [-0.3, -0.25) is 0 Å². The lowest BCUT2D eigenvalue weighted by atomic mass is 10.2. The molecule has 7 nitrogen and oxygen atoms in total. The van der Waals surface area contributed by atoms with Gasteiger partial charge in [0.1, 0.15) is 13.1 Å². The third-order valence-corrected chi connectivity index (χ3v) is 4.89. The summed E-state index contributed by atoms with van der Waals surface area (Å²) in [6.07, 6.45) is 0. The lowest BCUT2D eigenvalue weighted by Gasteiger charge is -2.23. The van der Waals surface area contributed by atoms with E-state index < -0.39 is 0 Å². The average Bonchev–Trinajstić information content (AvgIpc) is 2.92. The van der Waals surface area contributed by atoms with Crippen molar-refractivity contribution >= 4 is 33.9 Å². The van der Waals surface area contributed by atoms with E-state index in [4.69, 9.17) is 17.0 Å². The Bertz CT molecular complexity index is 812. The lowest BCUT2D eigenvalue weighted by molar-refractivity contribution is -0.906. The molecule has 1 fully saturated rings. The molecular formula is C19H28N5O2S+. The van der Waals surface area contributed by atoms with Crippen molar-refractivity contribution in [3.05, 3.63) is 24.3 Å². The second-order valence-corrected chi connectivity index (χ2v) is 7.62. The van der Waals surface area contributed by atoms with Crippen LogP contribution in [0.2, 0.25) is 0 Å². The zero-order chi connectivity index (χ0) is 19.2. The summed E-state index contributed by atoms with van der Waals surface area (Å²) >= 11 is 5.27. The largest absolute Gasteiger partial charge is 0.493 e. The molecule has 0 radical (unpaired) electrons. The number of hydrogen-bond donors (Lipinski definition) is 3. The number of ether oxygens (including phenoxy) is 1. The minimum Gasteiger partial charge on any atom is -0.493 e. The van der Waals surface area contributed by atoms with Crippen molar-refractivity contribution < 1.29 is 14.7 Å². The van der Waals surface area contributed by atoms with E-state index in [1.165, 1.54) is 4.90 Å². The fourth-order valence-electron chi connectivity index (χ4n) is 3.31. The zero-order valence-electron chi connectivity index (χ0n) is 15.9. The van der Waals surface area contributed by atoms with Crippen molar-refractivity contribution in [2.45, 2.75) is 20.4 Å². The molecule has 0 bridgehead atoms. The number of azo groups is 1. The van der Waals surface area contributed by atoms with Gasteiger partial charge in [-0.2, -0.15) is 0 Å². The van der Waals surface area contributed by atoms with Crippen LogP contribution in [0, 0.1) is 5.92 Å².